The minimum atomic E-state index is -0.314. The molecule has 0 aliphatic rings. The average molecular weight is 288 g/mol. The van der Waals surface area contributed by atoms with Crippen LogP contribution in [0.3, 0.4) is 0 Å². The number of hydrogen-bond acceptors (Lipinski definition) is 2. The van der Waals surface area contributed by atoms with E-state index in [-0.39, 0.29) is 11.0 Å². The third-order valence-corrected chi connectivity index (χ3v) is 2.44. The summed E-state index contributed by atoms with van der Waals surface area (Å²) in [4.78, 5) is 11.4. The van der Waals surface area contributed by atoms with E-state index in [1.54, 1.807) is 12.1 Å². The summed E-state index contributed by atoms with van der Waals surface area (Å²) in [5.41, 5.74) is 6.74. The number of anilines is 1. The van der Waals surface area contributed by atoms with Gasteiger partial charge in [0.1, 0.15) is 4.99 Å². The average Bonchev–Trinajstić information content (AvgIpc) is 2.17. The summed E-state index contributed by atoms with van der Waals surface area (Å²) in [7, 11) is 1.54. The fourth-order valence-corrected chi connectivity index (χ4v) is 1.56. The van der Waals surface area contributed by atoms with Crippen molar-refractivity contribution in [1.29, 1.82) is 0 Å². The molecule has 0 spiro atoms. The minimum Gasteiger partial charge on any atom is -0.389 e. The second kappa shape index (κ2) is 5.09. The van der Waals surface area contributed by atoms with Crippen molar-refractivity contribution in [1.82, 2.24) is 5.32 Å². The number of nitrogens with two attached hydrogens (primary N) is 1. The second-order valence-electron chi connectivity index (χ2n) is 2.76. The Hall–Kier alpha value is -1.14. The Labute approximate surface area is 101 Å². The lowest BCUT2D eigenvalue weighted by atomic mass is 10.2. The standard InChI is InChI=1S/C9H10BrN3OS/c1-12-9(14)13-7-4-5(10)2-3-6(7)8(11)15/h2-4H,1H3,(H2,11,15)(H2,12,13,14). The summed E-state index contributed by atoms with van der Waals surface area (Å²) in [6, 6.07) is 4.98. The molecule has 1 aromatic carbocycles. The summed E-state index contributed by atoms with van der Waals surface area (Å²) >= 11 is 8.17. The lowest BCUT2D eigenvalue weighted by Crippen LogP contribution is -2.26. The van der Waals surface area contributed by atoms with Crippen molar-refractivity contribution in [3.05, 3.63) is 28.2 Å². The Morgan fingerprint density at radius 1 is 1.53 bits per heavy atom. The topological polar surface area (TPSA) is 67.2 Å². The first-order valence-electron chi connectivity index (χ1n) is 4.12. The molecule has 4 N–H and O–H groups in total. The predicted octanol–water partition coefficient (Wildman–Crippen LogP) is 1.83. The molecular formula is C9H10BrN3OS. The number of thiocarbonyl (C=S) groups is 1. The van der Waals surface area contributed by atoms with Crippen LogP contribution in [0.5, 0.6) is 0 Å². The molecule has 15 heavy (non-hydrogen) atoms. The number of nitrogens with one attached hydrogen (secondary N) is 2. The van der Waals surface area contributed by atoms with Crippen LogP contribution in [0.15, 0.2) is 22.7 Å². The molecule has 0 saturated carbocycles. The summed E-state index contributed by atoms with van der Waals surface area (Å²) in [6.07, 6.45) is 0. The number of benzene rings is 1. The molecule has 1 aromatic rings. The van der Waals surface area contributed by atoms with Gasteiger partial charge in [-0.3, -0.25) is 0 Å². The van der Waals surface area contributed by atoms with Crippen molar-refractivity contribution in [2.24, 2.45) is 5.73 Å². The fourth-order valence-electron chi connectivity index (χ4n) is 1.02. The highest BCUT2D eigenvalue weighted by atomic mass is 79.9. The fraction of sp³-hybridized carbons (Fsp3) is 0.111. The molecule has 80 valence electrons. The van der Waals surface area contributed by atoms with Gasteiger partial charge < -0.3 is 16.4 Å². The van der Waals surface area contributed by atoms with Crippen molar-refractivity contribution in [3.8, 4) is 0 Å². The molecule has 0 fully saturated rings. The van der Waals surface area contributed by atoms with Crippen molar-refractivity contribution in [2.75, 3.05) is 12.4 Å². The summed E-state index contributed by atoms with van der Waals surface area (Å²) in [5.74, 6) is 0. The highest BCUT2D eigenvalue weighted by molar-refractivity contribution is 9.10. The molecule has 0 heterocycles. The zero-order valence-corrected chi connectivity index (χ0v) is 10.4. The molecule has 1 rings (SSSR count). The lowest BCUT2D eigenvalue weighted by Gasteiger charge is -2.09. The van der Waals surface area contributed by atoms with E-state index in [2.05, 4.69) is 26.6 Å². The minimum absolute atomic E-state index is 0.244. The van der Waals surface area contributed by atoms with Crippen LogP contribution in [0.4, 0.5) is 10.5 Å². The maximum absolute atomic E-state index is 11.1. The van der Waals surface area contributed by atoms with E-state index in [1.807, 2.05) is 6.07 Å². The summed E-state index contributed by atoms with van der Waals surface area (Å²) in [5, 5.41) is 5.08. The van der Waals surface area contributed by atoms with E-state index in [4.69, 9.17) is 18.0 Å². The van der Waals surface area contributed by atoms with Gasteiger partial charge in [-0.15, -0.1) is 0 Å². The zero-order chi connectivity index (χ0) is 11.4. The van der Waals surface area contributed by atoms with Crippen molar-refractivity contribution < 1.29 is 4.79 Å². The van der Waals surface area contributed by atoms with Gasteiger partial charge in [0.2, 0.25) is 0 Å². The van der Waals surface area contributed by atoms with Crippen molar-refractivity contribution in [3.63, 3.8) is 0 Å². The highest BCUT2D eigenvalue weighted by Crippen LogP contribution is 2.21. The number of carbonyl (C=O) groups excluding carboxylic acids is 1. The Morgan fingerprint density at radius 2 is 2.20 bits per heavy atom. The molecule has 0 bridgehead atoms. The monoisotopic (exact) mass is 287 g/mol. The molecule has 4 nitrogen and oxygen atoms in total. The molecule has 0 saturated heterocycles. The highest BCUT2D eigenvalue weighted by Gasteiger charge is 2.07. The van der Waals surface area contributed by atoms with Crippen LogP contribution >= 0.6 is 28.1 Å². The molecule has 6 heteroatoms. The lowest BCUT2D eigenvalue weighted by molar-refractivity contribution is 0.254. The first-order chi connectivity index (χ1) is 7.04. The van der Waals surface area contributed by atoms with Gasteiger partial charge in [0.15, 0.2) is 0 Å². The number of rotatable bonds is 2. The van der Waals surface area contributed by atoms with E-state index in [1.165, 1.54) is 7.05 Å². The van der Waals surface area contributed by atoms with Gasteiger partial charge in [-0.1, -0.05) is 28.1 Å². The number of hydrogen-bond donors (Lipinski definition) is 3. The smallest absolute Gasteiger partial charge is 0.318 e. The maximum atomic E-state index is 11.1. The van der Waals surface area contributed by atoms with Crippen molar-refractivity contribution >= 4 is 44.9 Å². The van der Waals surface area contributed by atoms with E-state index in [0.29, 0.717) is 11.3 Å². The van der Waals surface area contributed by atoms with Gasteiger partial charge in [-0.25, -0.2) is 4.79 Å². The van der Waals surface area contributed by atoms with Gasteiger partial charge >= 0.3 is 6.03 Å². The van der Waals surface area contributed by atoms with Gasteiger partial charge in [0.05, 0.1) is 5.69 Å². The van der Waals surface area contributed by atoms with Crippen LogP contribution < -0.4 is 16.4 Å². The number of urea groups is 1. The van der Waals surface area contributed by atoms with Crippen molar-refractivity contribution in [2.45, 2.75) is 0 Å². The molecule has 0 aliphatic carbocycles. The molecule has 0 aliphatic heterocycles. The van der Waals surface area contributed by atoms with Gasteiger partial charge in [0, 0.05) is 17.1 Å². The first kappa shape index (κ1) is 11.9. The van der Waals surface area contributed by atoms with E-state index in [9.17, 15) is 4.79 Å². The largest absolute Gasteiger partial charge is 0.389 e. The maximum Gasteiger partial charge on any atom is 0.318 e. The number of carbonyl (C=O) groups is 1. The second-order valence-corrected chi connectivity index (χ2v) is 4.11. The van der Waals surface area contributed by atoms with Crippen LogP contribution in [0.1, 0.15) is 5.56 Å². The first-order valence-corrected chi connectivity index (χ1v) is 5.33. The molecule has 0 unspecified atom stereocenters. The van der Waals surface area contributed by atoms with Gasteiger partial charge in [-0.05, 0) is 18.2 Å². The Bertz CT molecular complexity index is 408. The van der Waals surface area contributed by atoms with E-state index >= 15 is 0 Å². The van der Waals surface area contributed by atoms with Crippen LogP contribution in [0.2, 0.25) is 0 Å². The summed E-state index contributed by atoms with van der Waals surface area (Å²) in [6.45, 7) is 0. The molecule has 2 amide bonds. The van der Waals surface area contributed by atoms with Gasteiger partial charge in [-0.2, -0.15) is 0 Å². The molecular weight excluding hydrogens is 278 g/mol. The zero-order valence-electron chi connectivity index (χ0n) is 8.00. The Morgan fingerprint density at radius 3 is 2.73 bits per heavy atom. The molecule has 0 atom stereocenters. The quantitative estimate of drug-likeness (QED) is 0.727. The number of amides is 2. The predicted molar refractivity (Wildman–Crippen MR) is 68.1 cm³/mol. The van der Waals surface area contributed by atoms with Crippen LogP contribution in [0.25, 0.3) is 0 Å². The van der Waals surface area contributed by atoms with Gasteiger partial charge in [0.25, 0.3) is 0 Å². The van der Waals surface area contributed by atoms with Crippen LogP contribution in [-0.4, -0.2) is 18.1 Å². The molecule has 0 aromatic heterocycles. The number of halogens is 1. The van der Waals surface area contributed by atoms with Crippen LogP contribution in [0, 0.1) is 0 Å². The van der Waals surface area contributed by atoms with E-state index in [0.717, 1.165) is 4.47 Å². The van der Waals surface area contributed by atoms with E-state index < -0.39 is 0 Å². The molecule has 0 radical (unpaired) electrons. The SMILES string of the molecule is CNC(=O)Nc1cc(Br)ccc1C(N)=S. The normalized spacial score (nSPS) is 9.47. The Kier molecular flexibility index (Phi) is 4.05. The third kappa shape index (κ3) is 3.17. The third-order valence-electron chi connectivity index (χ3n) is 1.72. The summed E-state index contributed by atoms with van der Waals surface area (Å²) < 4.78 is 0.842. The Balaban J connectivity index is 3.07. The van der Waals surface area contributed by atoms with Crippen LogP contribution in [-0.2, 0) is 0 Å².